The van der Waals surface area contributed by atoms with Gasteiger partial charge < -0.3 is 10.1 Å². The summed E-state index contributed by atoms with van der Waals surface area (Å²) in [5.41, 5.74) is 0. The standard InChI is InChI=1S/C6H13N2O/c1-7-4-6-5-8-2-3-9-6/h6-7H,2-5H2,1H3. The molecule has 0 aromatic carbocycles. The molecule has 0 aromatic heterocycles. The van der Waals surface area contributed by atoms with Crippen LogP contribution < -0.4 is 10.6 Å². The average molecular weight is 129 g/mol. The summed E-state index contributed by atoms with van der Waals surface area (Å²) in [6.45, 7) is 3.46. The zero-order valence-electron chi connectivity index (χ0n) is 5.76. The molecule has 9 heavy (non-hydrogen) atoms. The van der Waals surface area contributed by atoms with E-state index in [1.54, 1.807) is 0 Å². The van der Waals surface area contributed by atoms with Crippen LogP contribution in [0.15, 0.2) is 0 Å². The van der Waals surface area contributed by atoms with Crippen molar-refractivity contribution in [2.75, 3.05) is 33.3 Å². The lowest BCUT2D eigenvalue weighted by Gasteiger charge is -2.21. The van der Waals surface area contributed by atoms with E-state index < -0.39 is 0 Å². The fourth-order valence-corrected chi connectivity index (χ4v) is 0.923. The number of nitrogens with zero attached hydrogens (tertiary/aromatic N) is 1. The van der Waals surface area contributed by atoms with E-state index in [-0.39, 0.29) is 0 Å². The van der Waals surface area contributed by atoms with E-state index in [9.17, 15) is 0 Å². The van der Waals surface area contributed by atoms with Crippen molar-refractivity contribution in [3.05, 3.63) is 0 Å². The third kappa shape index (κ3) is 2.30. The SMILES string of the molecule is CNCC1C[N]CCO1. The molecule has 1 saturated heterocycles. The third-order valence-corrected chi connectivity index (χ3v) is 1.37. The minimum absolute atomic E-state index is 0.323. The largest absolute Gasteiger partial charge is 0.374 e. The van der Waals surface area contributed by atoms with Crippen LogP contribution in [-0.4, -0.2) is 39.4 Å². The molecule has 0 bridgehead atoms. The van der Waals surface area contributed by atoms with E-state index in [2.05, 4.69) is 10.6 Å². The van der Waals surface area contributed by atoms with Gasteiger partial charge in [0, 0.05) is 19.6 Å². The summed E-state index contributed by atoms with van der Waals surface area (Å²) in [4.78, 5) is 0. The smallest absolute Gasteiger partial charge is 0.0840 e. The van der Waals surface area contributed by atoms with Crippen LogP contribution in [0.2, 0.25) is 0 Å². The zero-order chi connectivity index (χ0) is 6.53. The highest BCUT2D eigenvalue weighted by Gasteiger charge is 2.11. The van der Waals surface area contributed by atoms with Gasteiger partial charge in [-0.15, -0.1) is 0 Å². The van der Waals surface area contributed by atoms with E-state index in [0.717, 1.165) is 26.2 Å². The number of hydrogen-bond acceptors (Lipinski definition) is 2. The third-order valence-electron chi connectivity index (χ3n) is 1.37. The van der Waals surface area contributed by atoms with Gasteiger partial charge in [-0.1, -0.05) is 0 Å². The second kappa shape index (κ2) is 3.82. The Morgan fingerprint density at radius 3 is 3.22 bits per heavy atom. The maximum absolute atomic E-state index is 5.36. The molecule has 0 amide bonds. The molecule has 0 saturated carbocycles. The first-order chi connectivity index (χ1) is 4.43. The van der Waals surface area contributed by atoms with Crippen molar-refractivity contribution in [3.63, 3.8) is 0 Å². The Labute approximate surface area is 55.8 Å². The van der Waals surface area contributed by atoms with Crippen LogP contribution >= 0.6 is 0 Å². The molecule has 1 aliphatic rings. The van der Waals surface area contributed by atoms with Crippen molar-refractivity contribution < 1.29 is 4.74 Å². The van der Waals surface area contributed by atoms with Crippen molar-refractivity contribution in [1.29, 1.82) is 0 Å². The first-order valence-corrected chi connectivity index (χ1v) is 3.33. The lowest BCUT2D eigenvalue weighted by Crippen LogP contribution is -2.39. The molecule has 1 radical (unpaired) electrons. The Balaban J connectivity index is 2.08. The van der Waals surface area contributed by atoms with Gasteiger partial charge in [0.1, 0.15) is 0 Å². The van der Waals surface area contributed by atoms with Crippen LogP contribution in [0.1, 0.15) is 0 Å². The first kappa shape index (κ1) is 6.99. The molecule has 1 atom stereocenters. The zero-order valence-corrected chi connectivity index (χ0v) is 5.76. The molecule has 1 rings (SSSR count). The highest BCUT2D eigenvalue weighted by atomic mass is 16.5. The van der Waals surface area contributed by atoms with Crippen LogP contribution in [0.4, 0.5) is 0 Å². The highest BCUT2D eigenvalue weighted by molar-refractivity contribution is 4.67. The average Bonchev–Trinajstić information content (AvgIpc) is 1.91. The fraction of sp³-hybridized carbons (Fsp3) is 1.00. The maximum Gasteiger partial charge on any atom is 0.0840 e. The van der Waals surface area contributed by atoms with E-state index >= 15 is 0 Å². The Bertz CT molecular complexity index is 68.7. The van der Waals surface area contributed by atoms with Crippen LogP contribution in [0.5, 0.6) is 0 Å². The molecule has 0 aromatic rings. The Hall–Kier alpha value is -0.120. The molecule has 53 valence electrons. The lowest BCUT2D eigenvalue weighted by atomic mass is 10.3. The molecule has 1 fully saturated rings. The molecule has 0 spiro atoms. The minimum Gasteiger partial charge on any atom is -0.374 e. The summed E-state index contributed by atoms with van der Waals surface area (Å²) >= 11 is 0. The topological polar surface area (TPSA) is 35.4 Å². The summed E-state index contributed by atoms with van der Waals surface area (Å²) in [6.07, 6.45) is 0.323. The van der Waals surface area contributed by atoms with E-state index in [0.29, 0.717) is 6.10 Å². The van der Waals surface area contributed by atoms with Crippen LogP contribution in [0.25, 0.3) is 0 Å². The van der Waals surface area contributed by atoms with Crippen molar-refractivity contribution in [2.24, 2.45) is 0 Å². The maximum atomic E-state index is 5.36. The van der Waals surface area contributed by atoms with E-state index in [4.69, 9.17) is 4.74 Å². The molecule has 3 heteroatoms. The van der Waals surface area contributed by atoms with E-state index in [1.165, 1.54) is 0 Å². The number of nitrogens with one attached hydrogen (secondary N) is 1. The molecule has 1 N–H and O–H groups in total. The normalized spacial score (nSPS) is 28.3. The number of hydrogen-bond donors (Lipinski definition) is 1. The van der Waals surface area contributed by atoms with Crippen molar-refractivity contribution in [2.45, 2.75) is 6.10 Å². The highest BCUT2D eigenvalue weighted by Crippen LogP contribution is 1.93. The van der Waals surface area contributed by atoms with Gasteiger partial charge in [0.15, 0.2) is 0 Å². The van der Waals surface area contributed by atoms with Gasteiger partial charge in [0.05, 0.1) is 12.7 Å². The first-order valence-electron chi connectivity index (χ1n) is 3.33. The summed E-state index contributed by atoms with van der Waals surface area (Å²) in [6, 6.07) is 0. The minimum atomic E-state index is 0.323. The summed E-state index contributed by atoms with van der Waals surface area (Å²) in [7, 11) is 1.93. The Morgan fingerprint density at radius 1 is 1.78 bits per heavy atom. The molecule has 1 aliphatic heterocycles. The fourth-order valence-electron chi connectivity index (χ4n) is 0.923. The van der Waals surface area contributed by atoms with Crippen molar-refractivity contribution in [3.8, 4) is 0 Å². The lowest BCUT2D eigenvalue weighted by molar-refractivity contribution is 0.0288. The van der Waals surface area contributed by atoms with Gasteiger partial charge in [0.2, 0.25) is 0 Å². The number of likely N-dealkylation sites (N-methyl/N-ethyl adjacent to an activating group) is 1. The monoisotopic (exact) mass is 129 g/mol. The Kier molecular flexibility index (Phi) is 2.97. The van der Waals surface area contributed by atoms with Crippen LogP contribution in [0, 0.1) is 0 Å². The summed E-state index contributed by atoms with van der Waals surface area (Å²) < 4.78 is 5.36. The summed E-state index contributed by atoms with van der Waals surface area (Å²) in [5, 5.41) is 7.26. The molecule has 1 heterocycles. The van der Waals surface area contributed by atoms with Gasteiger partial charge in [0.25, 0.3) is 0 Å². The quantitative estimate of drug-likeness (QED) is 0.530. The van der Waals surface area contributed by atoms with Gasteiger partial charge in [-0.2, -0.15) is 0 Å². The summed E-state index contributed by atoms with van der Waals surface area (Å²) in [5.74, 6) is 0. The Morgan fingerprint density at radius 2 is 2.67 bits per heavy atom. The van der Waals surface area contributed by atoms with Crippen LogP contribution in [0.3, 0.4) is 0 Å². The number of rotatable bonds is 2. The molecule has 0 aliphatic carbocycles. The molecular weight excluding hydrogens is 116 g/mol. The van der Waals surface area contributed by atoms with Gasteiger partial charge in [-0.05, 0) is 7.05 Å². The van der Waals surface area contributed by atoms with Crippen molar-refractivity contribution >= 4 is 0 Å². The number of ether oxygens (including phenoxy) is 1. The second-order valence-corrected chi connectivity index (χ2v) is 2.18. The van der Waals surface area contributed by atoms with Crippen LogP contribution in [-0.2, 0) is 4.74 Å². The van der Waals surface area contributed by atoms with Gasteiger partial charge in [-0.3, -0.25) is 0 Å². The van der Waals surface area contributed by atoms with E-state index in [1.807, 2.05) is 7.05 Å². The van der Waals surface area contributed by atoms with Gasteiger partial charge in [-0.25, -0.2) is 5.32 Å². The predicted molar refractivity (Wildman–Crippen MR) is 35.5 cm³/mol. The second-order valence-electron chi connectivity index (χ2n) is 2.18. The van der Waals surface area contributed by atoms with Gasteiger partial charge >= 0.3 is 0 Å². The molecule has 1 unspecified atom stereocenters. The predicted octanol–water partition coefficient (Wildman–Crippen LogP) is -0.791. The van der Waals surface area contributed by atoms with Crippen molar-refractivity contribution in [1.82, 2.24) is 10.6 Å². The molecular formula is C6H13N2O. The number of morpholine rings is 1. The molecule has 3 nitrogen and oxygen atoms in total.